The highest BCUT2D eigenvalue weighted by molar-refractivity contribution is 5.97. The highest BCUT2D eigenvalue weighted by Gasteiger charge is 2.31. The summed E-state index contributed by atoms with van der Waals surface area (Å²) in [7, 11) is 0. The van der Waals surface area contributed by atoms with Gasteiger partial charge in [0.1, 0.15) is 18.2 Å². The smallest absolute Gasteiger partial charge is 0.416 e. The Bertz CT molecular complexity index is 911. The Labute approximate surface area is 165 Å². The second kappa shape index (κ2) is 8.50. The molecule has 0 spiro atoms. The van der Waals surface area contributed by atoms with E-state index in [1.165, 1.54) is 31.3 Å². The summed E-state index contributed by atoms with van der Waals surface area (Å²) in [5, 5.41) is 5.33. The lowest BCUT2D eigenvalue weighted by atomic mass is 10.1. The quantitative estimate of drug-likeness (QED) is 0.688. The van der Waals surface area contributed by atoms with Gasteiger partial charge in [0.05, 0.1) is 12.1 Å². The van der Waals surface area contributed by atoms with Crippen molar-refractivity contribution in [3.8, 4) is 5.75 Å². The van der Waals surface area contributed by atoms with E-state index in [-0.39, 0.29) is 30.9 Å². The van der Waals surface area contributed by atoms with Crippen LogP contribution in [0.4, 0.5) is 19.0 Å². The van der Waals surface area contributed by atoms with Crippen LogP contribution in [-0.2, 0) is 11.0 Å². The molecule has 0 aliphatic heterocycles. The van der Waals surface area contributed by atoms with Crippen molar-refractivity contribution in [1.29, 1.82) is 0 Å². The van der Waals surface area contributed by atoms with Crippen LogP contribution in [0.3, 0.4) is 0 Å². The molecule has 1 aliphatic rings. The van der Waals surface area contributed by atoms with Crippen molar-refractivity contribution in [1.82, 2.24) is 10.3 Å². The molecule has 29 heavy (non-hydrogen) atoms. The van der Waals surface area contributed by atoms with Gasteiger partial charge in [-0.15, -0.1) is 0 Å². The largest absolute Gasteiger partial charge is 0.491 e. The monoisotopic (exact) mass is 407 g/mol. The third-order valence-electron chi connectivity index (χ3n) is 4.37. The molecule has 2 N–H and O–H groups in total. The number of anilines is 1. The minimum absolute atomic E-state index is 0.0279. The summed E-state index contributed by atoms with van der Waals surface area (Å²) >= 11 is 0. The van der Waals surface area contributed by atoms with Crippen LogP contribution in [-0.4, -0.2) is 29.9 Å². The SMILES string of the molecule is Cc1cc(C(F)(F)F)ccc1OCCNC(=O)c1ccnc(NC(=O)C2CC2)c1. The predicted molar refractivity (Wildman–Crippen MR) is 99.6 cm³/mol. The van der Waals surface area contributed by atoms with E-state index in [0.29, 0.717) is 22.7 Å². The van der Waals surface area contributed by atoms with E-state index in [4.69, 9.17) is 4.74 Å². The number of carbonyl (C=O) groups is 2. The number of rotatable bonds is 7. The summed E-state index contributed by atoms with van der Waals surface area (Å²) in [6.07, 6.45) is -1.24. The Morgan fingerprint density at radius 1 is 1.21 bits per heavy atom. The number of amides is 2. The van der Waals surface area contributed by atoms with E-state index in [2.05, 4.69) is 15.6 Å². The third-order valence-corrected chi connectivity index (χ3v) is 4.37. The minimum Gasteiger partial charge on any atom is -0.491 e. The molecular formula is C20H20F3N3O3. The van der Waals surface area contributed by atoms with Gasteiger partial charge in [0, 0.05) is 17.7 Å². The van der Waals surface area contributed by atoms with Gasteiger partial charge in [-0.3, -0.25) is 9.59 Å². The van der Waals surface area contributed by atoms with Gasteiger partial charge in [0.25, 0.3) is 5.91 Å². The maximum absolute atomic E-state index is 12.7. The first-order valence-electron chi connectivity index (χ1n) is 9.10. The maximum atomic E-state index is 12.7. The van der Waals surface area contributed by atoms with Crippen LogP contribution in [0.5, 0.6) is 5.75 Å². The molecule has 6 nitrogen and oxygen atoms in total. The highest BCUT2D eigenvalue weighted by atomic mass is 19.4. The van der Waals surface area contributed by atoms with Crippen molar-refractivity contribution in [3.63, 3.8) is 0 Å². The van der Waals surface area contributed by atoms with Gasteiger partial charge in [-0.1, -0.05) is 0 Å². The molecule has 2 amide bonds. The second-order valence-electron chi connectivity index (χ2n) is 6.78. The number of carbonyl (C=O) groups excluding carboxylic acids is 2. The number of ether oxygens (including phenoxy) is 1. The van der Waals surface area contributed by atoms with E-state index in [1.807, 2.05) is 0 Å². The molecule has 0 atom stereocenters. The van der Waals surface area contributed by atoms with Crippen molar-refractivity contribution < 1.29 is 27.5 Å². The zero-order valence-electron chi connectivity index (χ0n) is 15.7. The summed E-state index contributed by atoms with van der Waals surface area (Å²) < 4.78 is 43.5. The molecule has 0 saturated heterocycles. The van der Waals surface area contributed by atoms with Crippen LogP contribution >= 0.6 is 0 Å². The van der Waals surface area contributed by atoms with Gasteiger partial charge in [-0.25, -0.2) is 4.98 Å². The normalized spacial score (nSPS) is 13.7. The maximum Gasteiger partial charge on any atom is 0.416 e. The number of nitrogens with one attached hydrogen (secondary N) is 2. The van der Waals surface area contributed by atoms with Crippen LogP contribution in [0.15, 0.2) is 36.5 Å². The molecule has 0 radical (unpaired) electrons. The Morgan fingerprint density at radius 2 is 1.97 bits per heavy atom. The fourth-order valence-electron chi connectivity index (χ4n) is 2.63. The van der Waals surface area contributed by atoms with Gasteiger partial charge in [-0.2, -0.15) is 13.2 Å². The molecule has 2 aromatic rings. The summed E-state index contributed by atoms with van der Waals surface area (Å²) in [5.74, 6) is 0.185. The lowest BCUT2D eigenvalue weighted by Gasteiger charge is -2.13. The number of aromatic nitrogens is 1. The van der Waals surface area contributed by atoms with Crippen LogP contribution < -0.4 is 15.4 Å². The molecule has 154 valence electrons. The van der Waals surface area contributed by atoms with Crippen molar-refractivity contribution in [3.05, 3.63) is 53.2 Å². The molecule has 1 fully saturated rings. The Hall–Kier alpha value is -3.10. The first kappa shape index (κ1) is 20.6. The van der Waals surface area contributed by atoms with Crippen molar-refractivity contribution in [2.24, 2.45) is 5.92 Å². The van der Waals surface area contributed by atoms with Gasteiger partial charge >= 0.3 is 6.18 Å². The Morgan fingerprint density at radius 3 is 2.62 bits per heavy atom. The fraction of sp³-hybridized carbons (Fsp3) is 0.350. The number of hydrogen-bond acceptors (Lipinski definition) is 4. The van der Waals surface area contributed by atoms with Crippen LogP contribution in [0.25, 0.3) is 0 Å². The summed E-state index contributed by atoms with van der Waals surface area (Å²) in [6.45, 7) is 1.78. The zero-order chi connectivity index (χ0) is 21.0. The van der Waals surface area contributed by atoms with E-state index >= 15 is 0 Å². The first-order chi connectivity index (χ1) is 13.7. The predicted octanol–water partition coefficient (Wildman–Crippen LogP) is 3.57. The lowest BCUT2D eigenvalue weighted by molar-refractivity contribution is -0.137. The highest BCUT2D eigenvalue weighted by Crippen LogP contribution is 2.32. The van der Waals surface area contributed by atoms with Crippen molar-refractivity contribution in [2.75, 3.05) is 18.5 Å². The fourth-order valence-corrected chi connectivity index (χ4v) is 2.63. The number of alkyl halides is 3. The molecule has 0 bridgehead atoms. The lowest BCUT2D eigenvalue weighted by Crippen LogP contribution is -2.28. The van der Waals surface area contributed by atoms with Crippen LogP contribution in [0.2, 0.25) is 0 Å². The number of aryl methyl sites for hydroxylation is 1. The standard InChI is InChI=1S/C20H20F3N3O3/c1-12-10-15(20(21,22)23)4-5-16(12)29-9-8-25-18(27)14-6-7-24-17(11-14)26-19(28)13-2-3-13/h4-7,10-11,13H,2-3,8-9H2,1H3,(H,25,27)(H,24,26,28). The molecule has 1 aliphatic carbocycles. The van der Waals surface area contributed by atoms with E-state index in [1.54, 1.807) is 0 Å². The Balaban J connectivity index is 1.48. The van der Waals surface area contributed by atoms with Crippen LogP contribution in [0.1, 0.15) is 34.3 Å². The molecule has 0 unspecified atom stereocenters. The Kier molecular flexibility index (Phi) is 6.05. The molecule has 1 heterocycles. The first-order valence-corrected chi connectivity index (χ1v) is 9.10. The molecule has 1 aromatic heterocycles. The average molecular weight is 407 g/mol. The zero-order valence-corrected chi connectivity index (χ0v) is 15.7. The number of benzene rings is 1. The molecular weight excluding hydrogens is 387 g/mol. The summed E-state index contributed by atoms with van der Waals surface area (Å²) in [6, 6.07) is 6.23. The van der Waals surface area contributed by atoms with E-state index in [0.717, 1.165) is 25.0 Å². The van der Waals surface area contributed by atoms with Crippen LogP contribution in [0, 0.1) is 12.8 Å². The van der Waals surface area contributed by atoms with Gasteiger partial charge in [0.15, 0.2) is 0 Å². The number of halogens is 3. The molecule has 1 saturated carbocycles. The van der Waals surface area contributed by atoms with Crippen molar-refractivity contribution in [2.45, 2.75) is 25.9 Å². The summed E-state index contributed by atoms with van der Waals surface area (Å²) in [5.41, 5.74) is -0.0499. The molecule has 1 aromatic carbocycles. The van der Waals surface area contributed by atoms with E-state index in [9.17, 15) is 22.8 Å². The summed E-state index contributed by atoms with van der Waals surface area (Å²) in [4.78, 5) is 28.0. The minimum atomic E-state index is -4.40. The number of nitrogens with zero attached hydrogens (tertiary/aromatic N) is 1. The molecule has 3 rings (SSSR count). The second-order valence-corrected chi connectivity index (χ2v) is 6.78. The van der Waals surface area contributed by atoms with Gasteiger partial charge < -0.3 is 15.4 Å². The number of pyridine rings is 1. The topological polar surface area (TPSA) is 80.3 Å². The van der Waals surface area contributed by atoms with Gasteiger partial charge in [0.2, 0.25) is 5.91 Å². The van der Waals surface area contributed by atoms with E-state index < -0.39 is 11.7 Å². The van der Waals surface area contributed by atoms with Crippen molar-refractivity contribution >= 4 is 17.6 Å². The third kappa shape index (κ3) is 5.69. The molecule has 9 heteroatoms. The number of hydrogen-bond donors (Lipinski definition) is 2. The van der Waals surface area contributed by atoms with Gasteiger partial charge in [-0.05, 0) is 55.7 Å². The average Bonchev–Trinajstić information content (AvgIpc) is 3.51.